The van der Waals surface area contributed by atoms with Crippen LogP contribution >= 0.6 is 0 Å². The van der Waals surface area contributed by atoms with Gasteiger partial charge in [0.05, 0.1) is 41.1 Å². The van der Waals surface area contributed by atoms with Crippen LogP contribution in [0.2, 0.25) is 0 Å². The van der Waals surface area contributed by atoms with Gasteiger partial charge in [0.2, 0.25) is 0 Å². The molecule has 2 aromatic heterocycles. The number of piperidine rings is 1. The number of aromatic hydroxyl groups is 1. The SMILES string of the molecule is COc1cc(N2CCN(C3CCN(c4ccc(F)c5c(=O)cc[nH]c45)CC3)CC2)c2ncc(O)cc2c1. The van der Waals surface area contributed by atoms with Crippen molar-refractivity contribution in [2.45, 2.75) is 18.9 Å². The van der Waals surface area contributed by atoms with Crippen LogP contribution in [0.5, 0.6) is 11.5 Å². The summed E-state index contributed by atoms with van der Waals surface area (Å²) in [6, 6.07) is 10.7. The maximum Gasteiger partial charge on any atom is 0.192 e. The second-order valence-corrected chi connectivity index (χ2v) is 9.81. The number of anilines is 2. The Bertz CT molecular complexity index is 1510. The van der Waals surface area contributed by atoms with Gasteiger partial charge in [0.25, 0.3) is 0 Å². The summed E-state index contributed by atoms with van der Waals surface area (Å²) >= 11 is 0. The standard InChI is InChI=1S/C28H30FN5O3/c1-37-21-15-18-14-20(35)17-31-27(18)24(16-21)34-12-10-32(11-13-34)19-5-8-33(9-6-19)23-3-2-22(29)26-25(36)4-7-30-28(23)26/h2-4,7,14-17,19,35H,5-6,8-13H2,1H3,(H,30,36). The van der Waals surface area contributed by atoms with Crippen LogP contribution in [0.25, 0.3) is 21.8 Å². The molecule has 0 radical (unpaired) electrons. The van der Waals surface area contributed by atoms with Gasteiger partial charge in [-0.05, 0) is 37.1 Å². The lowest BCUT2D eigenvalue weighted by molar-refractivity contribution is 0.160. The van der Waals surface area contributed by atoms with Gasteiger partial charge in [-0.2, -0.15) is 0 Å². The second kappa shape index (κ2) is 9.55. The van der Waals surface area contributed by atoms with Gasteiger partial charge in [-0.25, -0.2) is 4.39 Å². The molecule has 2 aromatic carbocycles. The van der Waals surface area contributed by atoms with E-state index in [1.807, 2.05) is 12.1 Å². The van der Waals surface area contributed by atoms with E-state index in [2.05, 4.69) is 24.7 Å². The number of ether oxygens (including phenoxy) is 1. The topological polar surface area (TPSA) is 84.9 Å². The molecule has 192 valence electrons. The summed E-state index contributed by atoms with van der Waals surface area (Å²) in [5, 5.41) is 10.9. The maximum atomic E-state index is 14.3. The Hall–Kier alpha value is -3.85. The Morgan fingerprint density at radius 2 is 1.76 bits per heavy atom. The van der Waals surface area contributed by atoms with Crippen LogP contribution in [-0.4, -0.2) is 72.4 Å². The molecule has 4 aromatic rings. The van der Waals surface area contributed by atoms with Crippen LogP contribution in [-0.2, 0) is 0 Å². The van der Waals surface area contributed by atoms with E-state index >= 15 is 0 Å². The number of fused-ring (bicyclic) bond motifs is 2. The summed E-state index contributed by atoms with van der Waals surface area (Å²) in [6.45, 7) is 5.39. The first-order chi connectivity index (χ1) is 18.0. The number of methoxy groups -OCH3 is 1. The highest BCUT2D eigenvalue weighted by molar-refractivity contribution is 5.93. The zero-order valence-electron chi connectivity index (χ0n) is 20.8. The third-order valence-corrected chi connectivity index (χ3v) is 7.78. The van der Waals surface area contributed by atoms with Crippen molar-refractivity contribution in [2.24, 2.45) is 0 Å². The first-order valence-electron chi connectivity index (χ1n) is 12.7. The number of halogens is 1. The van der Waals surface area contributed by atoms with Gasteiger partial charge in [-0.1, -0.05) is 0 Å². The summed E-state index contributed by atoms with van der Waals surface area (Å²) in [6.07, 6.45) is 5.10. The van der Waals surface area contributed by atoms with E-state index < -0.39 is 5.82 Å². The van der Waals surface area contributed by atoms with Crippen molar-refractivity contribution in [3.8, 4) is 11.5 Å². The lowest BCUT2D eigenvalue weighted by Gasteiger charge is -2.44. The number of H-pyrrole nitrogens is 1. The number of rotatable bonds is 4. The van der Waals surface area contributed by atoms with Crippen LogP contribution in [0.4, 0.5) is 15.8 Å². The maximum absolute atomic E-state index is 14.3. The van der Waals surface area contributed by atoms with Gasteiger partial charge >= 0.3 is 0 Å². The number of nitrogens with one attached hydrogen (secondary N) is 1. The van der Waals surface area contributed by atoms with E-state index in [9.17, 15) is 14.3 Å². The number of hydrogen-bond acceptors (Lipinski definition) is 7. The third kappa shape index (κ3) is 4.33. The van der Waals surface area contributed by atoms with Crippen molar-refractivity contribution < 1.29 is 14.2 Å². The fourth-order valence-corrected chi connectivity index (χ4v) is 5.85. The van der Waals surface area contributed by atoms with Crippen molar-refractivity contribution >= 4 is 33.2 Å². The van der Waals surface area contributed by atoms with Gasteiger partial charge in [0, 0.05) is 69.0 Å². The Kier molecular flexibility index (Phi) is 6.08. The van der Waals surface area contributed by atoms with Gasteiger partial charge in [0.15, 0.2) is 5.43 Å². The molecule has 6 rings (SSSR count). The number of benzene rings is 2. The molecule has 0 saturated carbocycles. The molecule has 2 aliphatic rings. The van der Waals surface area contributed by atoms with Crippen molar-refractivity contribution in [3.05, 3.63) is 64.8 Å². The van der Waals surface area contributed by atoms with Gasteiger partial charge in [0.1, 0.15) is 17.3 Å². The molecule has 0 atom stereocenters. The van der Waals surface area contributed by atoms with E-state index in [-0.39, 0.29) is 16.6 Å². The van der Waals surface area contributed by atoms with Crippen LogP contribution in [0.3, 0.4) is 0 Å². The van der Waals surface area contributed by atoms with Crippen LogP contribution in [0.1, 0.15) is 12.8 Å². The molecule has 0 aliphatic carbocycles. The zero-order valence-corrected chi connectivity index (χ0v) is 20.8. The molecule has 9 heteroatoms. The first kappa shape index (κ1) is 23.5. The minimum atomic E-state index is -0.482. The lowest BCUT2D eigenvalue weighted by Crippen LogP contribution is -2.53. The molecule has 37 heavy (non-hydrogen) atoms. The zero-order chi connectivity index (χ0) is 25.5. The predicted octanol–water partition coefficient (Wildman–Crippen LogP) is 3.72. The van der Waals surface area contributed by atoms with Gasteiger partial charge in [-0.15, -0.1) is 0 Å². The van der Waals surface area contributed by atoms with E-state index in [4.69, 9.17) is 4.74 Å². The Labute approximate surface area is 213 Å². The largest absolute Gasteiger partial charge is 0.506 e. The van der Waals surface area contributed by atoms with Crippen LogP contribution in [0, 0.1) is 5.82 Å². The fourth-order valence-electron chi connectivity index (χ4n) is 5.85. The molecule has 4 heterocycles. The van der Waals surface area contributed by atoms with E-state index in [1.165, 1.54) is 18.3 Å². The molecule has 2 N–H and O–H groups in total. The highest BCUT2D eigenvalue weighted by Gasteiger charge is 2.29. The van der Waals surface area contributed by atoms with Crippen molar-refractivity contribution in [1.82, 2.24) is 14.9 Å². The summed E-state index contributed by atoms with van der Waals surface area (Å²) in [7, 11) is 1.65. The second-order valence-electron chi connectivity index (χ2n) is 9.81. The summed E-state index contributed by atoms with van der Waals surface area (Å²) in [5.74, 6) is 0.409. The summed E-state index contributed by atoms with van der Waals surface area (Å²) in [5.41, 5.74) is 3.07. The van der Waals surface area contributed by atoms with Crippen molar-refractivity contribution in [3.63, 3.8) is 0 Å². The molecule has 0 amide bonds. The molecule has 0 unspecified atom stereocenters. The number of nitrogens with zero attached hydrogens (tertiary/aromatic N) is 4. The molecule has 0 spiro atoms. The normalized spacial score (nSPS) is 17.6. The van der Waals surface area contributed by atoms with E-state index in [0.29, 0.717) is 11.6 Å². The minimum absolute atomic E-state index is 0.132. The Morgan fingerprint density at radius 1 is 1.00 bits per heavy atom. The number of hydrogen-bond donors (Lipinski definition) is 2. The molecular weight excluding hydrogens is 473 g/mol. The number of piperazine rings is 1. The van der Waals surface area contributed by atoms with Crippen LogP contribution in [0.15, 0.2) is 53.6 Å². The predicted molar refractivity (Wildman–Crippen MR) is 144 cm³/mol. The summed E-state index contributed by atoms with van der Waals surface area (Å²) < 4.78 is 19.8. The highest BCUT2D eigenvalue weighted by atomic mass is 19.1. The molecule has 2 fully saturated rings. The summed E-state index contributed by atoms with van der Waals surface area (Å²) in [4.78, 5) is 27.0. The number of aromatic nitrogens is 2. The molecular formula is C28H30FN5O3. The number of aromatic amines is 1. The average Bonchev–Trinajstić information content (AvgIpc) is 2.93. The molecule has 8 nitrogen and oxygen atoms in total. The Morgan fingerprint density at radius 3 is 2.51 bits per heavy atom. The van der Waals surface area contributed by atoms with Crippen molar-refractivity contribution in [1.29, 1.82) is 0 Å². The minimum Gasteiger partial charge on any atom is -0.506 e. The highest BCUT2D eigenvalue weighted by Crippen LogP contribution is 2.34. The van der Waals surface area contributed by atoms with Gasteiger partial charge in [-0.3, -0.25) is 14.7 Å². The molecule has 2 saturated heterocycles. The van der Waals surface area contributed by atoms with E-state index in [0.717, 1.165) is 80.1 Å². The smallest absolute Gasteiger partial charge is 0.192 e. The number of pyridine rings is 2. The van der Waals surface area contributed by atoms with E-state index in [1.54, 1.807) is 25.4 Å². The monoisotopic (exact) mass is 503 g/mol. The quantitative estimate of drug-likeness (QED) is 0.439. The average molecular weight is 504 g/mol. The fraction of sp³-hybridized carbons (Fsp3) is 0.357. The first-order valence-corrected chi connectivity index (χ1v) is 12.7. The van der Waals surface area contributed by atoms with Crippen molar-refractivity contribution in [2.75, 3.05) is 56.2 Å². The van der Waals surface area contributed by atoms with Crippen LogP contribution < -0.4 is 20.0 Å². The van der Waals surface area contributed by atoms with Gasteiger partial charge < -0.3 is 24.6 Å². The third-order valence-electron chi connectivity index (χ3n) is 7.78. The molecule has 2 aliphatic heterocycles. The Balaban J connectivity index is 1.13. The molecule has 0 bridgehead atoms. The lowest BCUT2D eigenvalue weighted by atomic mass is 10.0.